The van der Waals surface area contributed by atoms with E-state index in [0.717, 1.165) is 9.87 Å². The minimum absolute atomic E-state index is 0.0607. The molecule has 3 aromatic rings. The summed E-state index contributed by atoms with van der Waals surface area (Å²) < 4.78 is 38.1. The Morgan fingerprint density at radius 3 is 2.16 bits per heavy atom. The van der Waals surface area contributed by atoms with Gasteiger partial charge in [0.25, 0.3) is 0 Å². The van der Waals surface area contributed by atoms with Crippen LogP contribution in [0.5, 0.6) is 11.5 Å². The molecule has 0 unspecified atom stereocenters. The lowest BCUT2D eigenvalue weighted by Crippen LogP contribution is -2.37. The number of carbonyl (C=O) groups is 1. The minimum Gasteiger partial charge on any atom is -0.497 e. The van der Waals surface area contributed by atoms with E-state index in [0.29, 0.717) is 17.2 Å². The topological polar surface area (TPSA) is 84.9 Å². The number of nitrogens with one attached hydrogen (secondary N) is 1. The van der Waals surface area contributed by atoms with E-state index in [1.165, 1.54) is 26.4 Å². The Labute approximate surface area is 182 Å². The van der Waals surface area contributed by atoms with Crippen molar-refractivity contribution in [1.29, 1.82) is 0 Å². The lowest BCUT2D eigenvalue weighted by atomic mass is 10.2. The average Bonchev–Trinajstić information content (AvgIpc) is 2.80. The van der Waals surface area contributed by atoms with E-state index < -0.39 is 15.9 Å². The summed E-state index contributed by atoms with van der Waals surface area (Å²) in [4.78, 5) is 12.9. The van der Waals surface area contributed by atoms with Crippen LogP contribution in [0.3, 0.4) is 0 Å². The van der Waals surface area contributed by atoms with Crippen LogP contribution in [-0.2, 0) is 21.4 Å². The first kappa shape index (κ1) is 22.3. The monoisotopic (exact) mass is 440 g/mol. The fourth-order valence-corrected chi connectivity index (χ4v) is 4.41. The zero-order valence-corrected chi connectivity index (χ0v) is 18.1. The number of carbonyl (C=O) groups excluding carboxylic acids is 1. The van der Waals surface area contributed by atoms with Crippen molar-refractivity contribution >= 4 is 21.6 Å². The van der Waals surface area contributed by atoms with Gasteiger partial charge in [-0.1, -0.05) is 48.5 Å². The largest absolute Gasteiger partial charge is 0.497 e. The van der Waals surface area contributed by atoms with E-state index in [1.54, 1.807) is 36.4 Å². The molecule has 0 radical (unpaired) electrons. The van der Waals surface area contributed by atoms with E-state index in [-0.39, 0.29) is 18.0 Å². The van der Waals surface area contributed by atoms with Gasteiger partial charge in [-0.25, -0.2) is 8.42 Å². The van der Waals surface area contributed by atoms with Crippen molar-refractivity contribution < 1.29 is 22.7 Å². The third kappa shape index (κ3) is 5.62. The second-order valence-electron chi connectivity index (χ2n) is 6.69. The summed E-state index contributed by atoms with van der Waals surface area (Å²) in [5.41, 5.74) is 1.20. The molecule has 0 fully saturated rings. The van der Waals surface area contributed by atoms with E-state index in [4.69, 9.17) is 9.47 Å². The number of hydrogen-bond donors (Lipinski definition) is 1. The van der Waals surface area contributed by atoms with Gasteiger partial charge in [-0.15, -0.1) is 0 Å². The molecule has 0 aliphatic carbocycles. The number of nitrogens with zero attached hydrogens (tertiary/aromatic N) is 1. The summed E-state index contributed by atoms with van der Waals surface area (Å²) in [6.07, 6.45) is 0. The smallest absolute Gasteiger partial charge is 0.243 e. The molecule has 7 nitrogen and oxygen atoms in total. The number of anilines is 1. The van der Waals surface area contributed by atoms with Gasteiger partial charge < -0.3 is 14.8 Å². The molecule has 0 spiro atoms. The Kier molecular flexibility index (Phi) is 7.28. The first-order valence-electron chi connectivity index (χ1n) is 9.55. The third-order valence-corrected chi connectivity index (χ3v) is 6.39. The van der Waals surface area contributed by atoms with Crippen molar-refractivity contribution in [2.75, 3.05) is 26.1 Å². The number of methoxy groups -OCH3 is 2. The number of amides is 1. The fourth-order valence-electron chi connectivity index (χ4n) is 3.01. The third-order valence-electron chi connectivity index (χ3n) is 4.59. The second-order valence-corrected chi connectivity index (χ2v) is 8.62. The fraction of sp³-hybridized carbons (Fsp3) is 0.174. The molecule has 0 bridgehead atoms. The van der Waals surface area contributed by atoms with E-state index in [9.17, 15) is 13.2 Å². The van der Waals surface area contributed by atoms with Crippen LogP contribution in [0.1, 0.15) is 5.56 Å². The maximum absolute atomic E-state index is 13.2. The van der Waals surface area contributed by atoms with Crippen LogP contribution in [0.15, 0.2) is 83.8 Å². The first-order valence-corrected chi connectivity index (χ1v) is 11.0. The van der Waals surface area contributed by atoms with Gasteiger partial charge in [0.2, 0.25) is 15.9 Å². The molecule has 0 aliphatic rings. The molecule has 3 rings (SSSR count). The van der Waals surface area contributed by atoms with Crippen LogP contribution in [0.4, 0.5) is 5.69 Å². The summed E-state index contributed by atoms with van der Waals surface area (Å²) in [6, 6.07) is 22.2. The van der Waals surface area contributed by atoms with E-state index in [1.807, 2.05) is 30.3 Å². The number of hydrogen-bond acceptors (Lipinski definition) is 5. The van der Waals surface area contributed by atoms with Crippen molar-refractivity contribution in [1.82, 2.24) is 4.31 Å². The van der Waals surface area contributed by atoms with E-state index in [2.05, 4.69) is 5.32 Å². The summed E-state index contributed by atoms with van der Waals surface area (Å²) in [6.45, 7) is -0.299. The normalized spacial score (nSPS) is 11.2. The highest BCUT2D eigenvalue weighted by Gasteiger charge is 2.27. The summed E-state index contributed by atoms with van der Waals surface area (Å²) in [7, 11) is -0.883. The van der Waals surface area contributed by atoms with Gasteiger partial charge in [0, 0.05) is 12.6 Å². The van der Waals surface area contributed by atoms with Gasteiger partial charge in [0.05, 0.1) is 31.3 Å². The number of sulfonamides is 1. The highest BCUT2D eigenvalue weighted by atomic mass is 32.2. The van der Waals surface area contributed by atoms with Gasteiger partial charge >= 0.3 is 0 Å². The van der Waals surface area contributed by atoms with Gasteiger partial charge in [-0.2, -0.15) is 4.31 Å². The highest BCUT2D eigenvalue weighted by molar-refractivity contribution is 7.89. The Morgan fingerprint density at radius 1 is 0.903 bits per heavy atom. The van der Waals surface area contributed by atoms with Crippen molar-refractivity contribution in [3.05, 3.63) is 84.4 Å². The van der Waals surface area contributed by atoms with Crippen LogP contribution in [0.2, 0.25) is 0 Å². The number of ether oxygens (including phenoxy) is 2. The molecule has 0 heterocycles. The van der Waals surface area contributed by atoms with Crippen LogP contribution >= 0.6 is 0 Å². The molecular formula is C23H24N2O5S. The van der Waals surface area contributed by atoms with Crippen LogP contribution in [0, 0.1) is 0 Å². The van der Waals surface area contributed by atoms with Gasteiger partial charge in [-0.3, -0.25) is 4.79 Å². The molecule has 31 heavy (non-hydrogen) atoms. The van der Waals surface area contributed by atoms with Crippen molar-refractivity contribution in [2.45, 2.75) is 11.4 Å². The first-order chi connectivity index (χ1) is 14.9. The molecule has 3 aromatic carbocycles. The molecule has 0 aliphatic heterocycles. The second kappa shape index (κ2) is 10.1. The summed E-state index contributed by atoms with van der Waals surface area (Å²) >= 11 is 0. The lowest BCUT2D eigenvalue weighted by molar-refractivity contribution is -0.116. The Balaban J connectivity index is 1.85. The summed E-state index contributed by atoms with van der Waals surface area (Å²) in [5, 5.41) is 2.73. The molecule has 162 valence electrons. The zero-order chi connectivity index (χ0) is 22.3. The summed E-state index contributed by atoms with van der Waals surface area (Å²) in [5.74, 6) is 0.499. The van der Waals surface area contributed by atoms with Crippen LogP contribution in [-0.4, -0.2) is 39.4 Å². The van der Waals surface area contributed by atoms with E-state index >= 15 is 0 Å². The van der Waals surface area contributed by atoms with Crippen molar-refractivity contribution in [3.63, 3.8) is 0 Å². The molecule has 1 amide bonds. The van der Waals surface area contributed by atoms with Crippen LogP contribution in [0.25, 0.3) is 0 Å². The average molecular weight is 441 g/mol. The molecular weight excluding hydrogens is 416 g/mol. The standard InChI is InChI=1S/C23H24N2O5S/c1-29-19-13-14-21(22(15-19)30-2)24-23(26)17-25(16-18-9-5-3-6-10-18)31(27,28)20-11-7-4-8-12-20/h3-15H,16-17H2,1-2H3,(H,24,26). The molecule has 0 saturated carbocycles. The minimum atomic E-state index is -3.89. The maximum atomic E-state index is 13.2. The molecule has 0 saturated heterocycles. The SMILES string of the molecule is COc1ccc(NC(=O)CN(Cc2ccccc2)S(=O)(=O)c2ccccc2)c(OC)c1. The number of benzene rings is 3. The zero-order valence-electron chi connectivity index (χ0n) is 17.3. The van der Waals surface area contributed by atoms with Gasteiger partial charge in [-0.05, 0) is 29.8 Å². The predicted octanol–water partition coefficient (Wildman–Crippen LogP) is 3.53. The highest BCUT2D eigenvalue weighted by Crippen LogP contribution is 2.29. The van der Waals surface area contributed by atoms with Crippen LogP contribution < -0.4 is 14.8 Å². The lowest BCUT2D eigenvalue weighted by Gasteiger charge is -2.22. The Hall–Kier alpha value is -3.36. The van der Waals surface area contributed by atoms with Gasteiger partial charge in [0.15, 0.2) is 0 Å². The van der Waals surface area contributed by atoms with Crippen molar-refractivity contribution in [2.24, 2.45) is 0 Å². The number of rotatable bonds is 9. The molecule has 0 aromatic heterocycles. The van der Waals surface area contributed by atoms with Crippen molar-refractivity contribution in [3.8, 4) is 11.5 Å². The molecule has 1 N–H and O–H groups in total. The predicted molar refractivity (Wildman–Crippen MR) is 119 cm³/mol. The molecule has 8 heteroatoms. The quantitative estimate of drug-likeness (QED) is 0.550. The van der Waals surface area contributed by atoms with Gasteiger partial charge in [0.1, 0.15) is 11.5 Å². The molecule has 0 atom stereocenters. The Bertz CT molecular complexity index is 1120. The maximum Gasteiger partial charge on any atom is 0.243 e. The Morgan fingerprint density at radius 2 is 1.55 bits per heavy atom.